The summed E-state index contributed by atoms with van der Waals surface area (Å²) in [4.78, 5) is 86.7. The van der Waals surface area contributed by atoms with Crippen molar-refractivity contribution in [3.63, 3.8) is 0 Å². The summed E-state index contributed by atoms with van der Waals surface area (Å²) in [6, 6.07) is 29.6. The second-order valence-corrected chi connectivity index (χ2v) is 30.9. The number of imide groups is 2. The zero-order valence-corrected chi connectivity index (χ0v) is 57.1. The summed E-state index contributed by atoms with van der Waals surface area (Å²) >= 11 is 7.80. The highest BCUT2D eigenvalue weighted by Crippen LogP contribution is 2.50. The Labute approximate surface area is 573 Å². The number of halogens is 4. The largest absolute Gasteiger partial charge is 0.501 e. The Morgan fingerprint density at radius 3 is 2.16 bits per heavy atom. The van der Waals surface area contributed by atoms with E-state index in [2.05, 4.69) is 42.8 Å². The Morgan fingerprint density at radius 2 is 1.45 bits per heavy atom. The van der Waals surface area contributed by atoms with E-state index in [-0.39, 0.29) is 40.9 Å². The van der Waals surface area contributed by atoms with E-state index in [0.717, 1.165) is 117 Å². The van der Waals surface area contributed by atoms with Gasteiger partial charge in [0.05, 0.1) is 34.9 Å². The van der Waals surface area contributed by atoms with Gasteiger partial charge in [-0.15, -0.1) is 11.8 Å². The summed E-state index contributed by atoms with van der Waals surface area (Å²) < 4.78 is 104. The maximum Gasteiger partial charge on any atom is 0.501 e. The van der Waals surface area contributed by atoms with Crippen LogP contribution in [0.5, 0.6) is 0 Å². The molecule has 5 aromatic carbocycles. The number of likely N-dealkylation sites (tertiary alicyclic amines) is 1. The smallest absolute Gasteiger partial charge is 0.384 e. The minimum Gasteiger partial charge on any atom is -0.384 e. The van der Waals surface area contributed by atoms with E-state index in [9.17, 15) is 58.8 Å². The van der Waals surface area contributed by atoms with Crippen LogP contribution in [0.4, 0.5) is 30.2 Å². The van der Waals surface area contributed by atoms with Gasteiger partial charge < -0.3 is 25.2 Å². The van der Waals surface area contributed by atoms with Crippen molar-refractivity contribution < 1.29 is 63.5 Å². The zero-order valence-electron chi connectivity index (χ0n) is 53.9. The average molecular weight is 1410 g/mol. The number of ether oxygens (including phenoxy) is 1. The zero-order chi connectivity index (χ0) is 68.5. The van der Waals surface area contributed by atoms with E-state index in [0.29, 0.717) is 101 Å². The lowest BCUT2D eigenvalue weighted by Crippen LogP contribution is -2.54. The number of rotatable bonds is 26. The quantitative estimate of drug-likeness (QED) is 0.0228. The number of nitrogens with one attached hydrogen (secondary N) is 4. The van der Waals surface area contributed by atoms with Gasteiger partial charge in [0.2, 0.25) is 17.7 Å². The van der Waals surface area contributed by atoms with Crippen LogP contribution in [0.2, 0.25) is 5.02 Å². The highest BCUT2D eigenvalue weighted by Gasteiger charge is 2.49. The molecule has 5 aliphatic heterocycles. The molecule has 1 aliphatic carbocycles. The van der Waals surface area contributed by atoms with Crippen LogP contribution in [0.3, 0.4) is 0 Å². The van der Waals surface area contributed by atoms with E-state index >= 15 is 0 Å². The van der Waals surface area contributed by atoms with Crippen LogP contribution >= 0.6 is 23.4 Å². The number of piperidine rings is 2. The summed E-state index contributed by atoms with van der Waals surface area (Å²) in [5.41, 5.74) is -0.499. The molecule has 27 heteroatoms. The molecule has 0 aromatic heterocycles. The number of hydrogen-bond acceptors (Lipinski definition) is 17. The number of alkyl halides is 3. The van der Waals surface area contributed by atoms with Crippen LogP contribution in [0.25, 0.3) is 5.57 Å². The van der Waals surface area contributed by atoms with Crippen LogP contribution in [0.15, 0.2) is 136 Å². The molecule has 4 fully saturated rings. The Hall–Kier alpha value is -7.33. The van der Waals surface area contributed by atoms with Gasteiger partial charge in [0.25, 0.3) is 37.6 Å². The minimum atomic E-state index is -6.10. The van der Waals surface area contributed by atoms with Gasteiger partial charge in [0.1, 0.15) is 10.9 Å². The van der Waals surface area contributed by atoms with Crippen LogP contribution in [-0.2, 0) is 39.0 Å². The lowest BCUT2D eigenvalue weighted by atomic mass is 9.65. The van der Waals surface area contributed by atoms with Crippen molar-refractivity contribution in [2.75, 3.05) is 106 Å². The lowest BCUT2D eigenvalue weighted by Gasteiger charge is -2.46. The molecular weight excluding hydrogens is 1330 g/mol. The molecule has 20 nitrogen and oxygen atoms in total. The maximum atomic E-state index is 14.4. The number of fused-ring (bicyclic) bond motifs is 1. The SMILES string of the molecule is O=C1CCC(N2C(=O)c3cccc(NCCCCCCCC(=O)N4CCC5(CCC(c6ccc(Cl)cc6)=C(CN6CCN(c7ccc(C(=O)NS(=O)(=O)c8ccc(N[C@H](CCN9CCOCC9)CSc9ccccc9)c(S(=O)(=O)C(F)(F)F)c8)cc7)CC6)C5)CC4)c3C2=O)C(=O)N1. The van der Waals surface area contributed by atoms with Crippen LogP contribution in [-0.4, -0.2) is 180 Å². The first-order valence-electron chi connectivity index (χ1n) is 33.2. The fraction of sp³-hybridized carbons (Fsp3) is 0.457. The van der Waals surface area contributed by atoms with Crippen molar-refractivity contribution in [3.05, 3.63) is 148 Å². The molecule has 5 heterocycles. The van der Waals surface area contributed by atoms with Crippen LogP contribution in [0.1, 0.15) is 127 Å². The number of morpholine rings is 1. The number of sulfonamides is 1. The number of piperazine rings is 1. The molecular formula is C70H81ClF3N9O11S3. The second-order valence-electron chi connectivity index (χ2n) is 25.8. The summed E-state index contributed by atoms with van der Waals surface area (Å²) in [6.45, 7) is 8.48. The third-order valence-electron chi connectivity index (χ3n) is 19.5. The van der Waals surface area contributed by atoms with Gasteiger partial charge in [0, 0.05) is 123 Å². The third kappa shape index (κ3) is 17.2. The monoisotopic (exact) mass is 1410 g/mol. The van der Waals surface area contributed by atoms with Gasteiger partial charge in [-0.1, -0.05) is 72.8 Å². The summed E-state index contributed by atoms with van der Waals surface area (Å²) in [5.74, 6) is -2.70. The normalized spacial score (nSPS) is 19.3. The number of sulfone groups is 1. The first-order chi connectivity index (χ1) is 46.5. The predicted octanol–water partition coefficient (Wildman–Crippen LogP) is 10.3. The number of unbranched alkanes of at least 4 members (excludes halogenated alkanes) is 4. The number of carbonyl (C=O) groups is 6. The molecule has 0 saturated carbocycles. The Bertz CT molecular complexity index is 3980. The van der Waals surface area contributed by atoms with Crippen molar-refractivity contribution in [2.24, 2.45) is 5.41 Å². The first-order valence-corrected chi connectivity index (χ1v) is 37.6. The topological polar surface area (TPSA) is 244 Å². The molecule has 0 radical (unpaired) electrons. The van der Waals surface area contributed by atoms with E-state index in [1.165, 1.54) is 35.0 Å². The number of nitrogens with zero attached hydrogens (tertiary/aromatic N) is 5. The number of carbonyl (C=O) groups excluding carboxylic acids is 6. The van der Waals surface area contributed by atoms with Gasteiger partial charge in [-0.25, -0.2) is 21.6 Å². The van der Waals surface area contributed by atoms with Crippen molar-refractivity contribution in [1.29, 1.82) is 0 Å². The number of hydrogen-bond donors (Lipinski definition) is 4. The number of allylic oxidation sites excluding steroid dienone is 1. The van der Waals surface area contributed by atoms with Gasteiger partial charge in [-0.2, -0.15) is 13.2 Å². The highest BCUT2D eigenvalue weighted by molar-refractivity contribution is 7.99. The van der Waals surface area contributed by atoms with Crippen LogP contribution < -0.4 is 25.6 Å². The standard InChI is InChI=1S/C70H81ClF3N9O11S3/c71-51-19-15-48(16-20-51)56-27-29-69(30-34-82(35-31-69)63(85)14-7-2-1-3-8-32-75-59-13-9-12-57-64(59)68(89)83(67(57)88)60-25-26-62(84)77-66(60)87)45-50(56)46-80-36-38-81(39-37-80)53-21-17-49(18-22-53)65(86)78-97(92,93)55-23-24-58(61(44-55)96(90,91)70(72,73)74)76-52(28-33-79-40-42-94-43-41-79)47-95-54-10-5-4-6-11-54/h4-6,9-13,15-24,44,52,60,75-76H,1-3,7-8,14,25-43,45-47H2,(H,78,86)(H,77,84,87)/t52-,60?/m1/s1. The molecule has 11 rings (SSSR count). The number of benzene rings is 5. The molecule has 6 aliphatic rings. The molecule has 2 atom stereocenters. The fourth-order valence-corrected chi connectivity index (χ4v) is 17.1. The maximum absolute atomic E-state index is 14.4. The third-order valence-corrected chi connectivity index (χ3v) is 23.7. The Morgan fingerprint density at radius 1 is 0.742 bits per heavy atom. The molecule has 4 N–H and O–H groups in total. The van der Waals surface area contributed by atoms with Crippen molar-refractivity contribution in [1.82, 2.24) is 29.6 Å². The van der Waals surface area contributed by atoms with E-state index in [1.54, 1.807) is 30.3 Å². The highest BCUT2D eigenvalue weighted by atomic mass is 35.5. The molecule has 6 amide bonds. The van der Waals surface area contributed by atoms with Gasteiger partial charge >= 0.3 is 5.51 Å². The lowest BCUT2D eigenvalue weighted by molar-refractivity contribution is -0.136. The van der Waals surface area contributed by atoms with Crippen molar-refractivity contribution in [2.45, 2.75) is 122 Å². The van der Waals surface area contributed by atoms with Gasteiger partial charge in [-0.05, 0) is 153 Å². The average Bonchev–Trinajstić information content (AvgIpc) is 1.73. The predicted molar refractivity (Wildman–Crippen MR) is 366 cm³/mol. The first kappa shape index (κ1) is 71.0. The van der Waals surface area contributed by atoms with E-state index < -0.39 is 82.5 Å². The Kier molecular flexibility index (Phi) is 22.9. The molecule has 518 valence electrons. The van der Waals surface area contributed by atoms with Gasteiger partial charge in [-0.3, -0.25) is 48.8 Å². The van der Waals surface area contributed by atoms with Crippen LogP contribution in [0, 0.1) is 5.41 Å². The van der Waals surface area contributed by atoms with E-state index in [4.69, 9.17) is 16.3 Å². The van der Waals surface area contributed by atoms with E-state index in [1.807, 2.05) is 52.1 Å². The molecule has 0 bridgehead atoms. The molecule has 1 spiro atoms. The molecule has 1 unspecified atom stereocenters. The minimum absolute atomic E-state index is 0.0381. The van der Waals surface area contributed by atoms with Crippen molar-refractivity contribution >= 4 is 101 Å². The van der Waals surface area contributed by atoms with Gasteiger partial charge in [0.15, 0.2) is 0 Å². The number of anilines is 3. The Balaban J connectivity index is 0.645. The molecule has 97 heavy (non-hydrogen) atoms. The number of thioether (sulfide) groups is 1. The fourth-order valence-electron chi connectivity index (χ4n) is 13.9. The number of amides is 6. The molecule has 4 saturated heterocycles. The second kappa shape index (κ2) is 31.3. The summed E-state index contributed by atoms with van der Waals surface area (Å²) in [7, 11) is -11.0. The summed E-state index contributed by atoms with van der Waals surface area (Å²) in [6.07, 6.45) is 10.1. The summed E-state index contributed by atoms with van der Waals surface area (Å²) in [5, 5.41) is 9.20. The van der Waals surface area contributed by atoms with Crippen molar-refractivity contribution in [3.8, 4) is 0 Å². The molecule has 5 aromatic rings.